The van der Waals surface area contributed by atoms with Crippen molar-refractivity contribution in [1.29, 1.82) is 0 Å². The molecule has 0 aliphatic carbocycles. The van der Waals surface area contributed by atoms with Gasteiger partial charge in [0.1, 0.15) is 5.75 Å². The summed E-state index contributed by atoms with van der Waals surface area (Å²) in [7, 11) is 0. The van der Waals surface area contributed by atoms with Crippen molar-refractivity contribution in [3.05, 3.63) is 29.8 Å². The fourth-order valence-corrected chi connectivity index (χ4v) is 1.90. The second kappa shape index (κ2) is 4.99. The summed E-state index contributed by atoms with van der Waals surface area (Å²) in [5, 5.41) is 0. The number of hydrogen-bond acceptors (Lipinski definition) is 4. The molecule has 0 fully saturated rings. The minimum absolute atomic E-state index is 0.0769. The second-order valence-corrected chi connectivity index (χ2v) is 3.94. The molecule has 4 heteroatoms. The van der Waals surface area contributed by atoms with Crippen LogP contribution in [-0.4, -0.2) is 18.5 Å². The average molecular weight is 234 g/mol. The van der Waals surface area contributed by atoms with Crippen molar-refractivity contribution >= 4 is 11.9 Å². The van der Waals surface area contributed by atoms with Gasteiger partial charge >= 0.3 is 11.9 Å². The Hall–Kier alpha value is -1.84. The summed E-state index contributed by atoms with van der Waals surface area (Å²) in [6.45, 7) is 2.08. The molecule has 0 saturated carbocycles. The zero-order valence-electron chi connectivity index (χ0n) is 9.64. The molecule has 0 spiro atoms. The molecular formula is C13H14O4. The van der Waals surface area contributed by atoms with Gasteiger partial charge in [0.2, 0.25) is 0 Å². The van der Waals surface area contributed by atoms with E-state index in [0.717, 1.165) is 5.56 Å². The summed E-state index contributed by atoms with van der Waals surface area (Å²) < 4.78 is 10.1. The summed E-state index contributed by atoms with van der Waals surface area (Å²) in [6, 6.07) is 7.26. The fraction of sp³-hybridized carbons (Fsp3) is 0.385. The largest absolute Gasteiger partial charge is 0.466 e. The van der Waals surface area contributed by atoms with Crippen molar-refractivity contribution in [2.75, 3.05) is 6.61 Å². The number of carbonyl (C=O) groups excluding carboxylic acids is 2. The van der Waals surface area contributed by atoms with E-state index in [1.54, 1.807) is 19.1 Å². The van der Waals surface area contributed by atoms with Gasteiger partial charge in [-0.1, -0.05) is 18.2 Å². The SMILES string of the molecule is CCOC(=O)C1CC(=O)Oc2ccccc2C1. The van der Waals surface area contributed by atoms with Crippen molar-refractivity contribution in [2.45, 2.75) is 19.8 Å². The van der Waals surface area contributed by atoms with E-state index < -0.39 is 5.92 Å². The number of carbonyl (C=O) groups is 2. The van der Waals surface area contributed by atoms with E-state index in [1.807, 2.05) is 12.1 Å². The van der Waals surface area contributed by atoms with Gasteiger partial charge in [0.05, 0.1) is 18.9 Å². The molecule has 1 aliphatic rings. The van der Waals surface area contributed by atoms with Crippen LogP contribution in [0.25, 0.3) is 0 Å². The topological polar surface area (TPSA) is 52.6 Å². The Morgan fingerprint density at radius 1 is 1.41 bits per heavy atom. The van der Waals surface area contributed by atoms with Gasteiger partial charge < -0.3 is 9.47 Å². The van der Waals surface area contributed by atoms with Gasteiger partial charge in [0.25, 0.3) is 0 Å². The van der Waals surface area contributed by atoms with Crippen LogP contribution in [0.2, 0.25) is 0 Å². The monoisotopic (exact) mass is 234 g/mol. The Bertz CT molecular complexity index is 439. The number of para-hydroxylation sites is 1. The van der Waals surface area contributed by atoms with Crippen molar-refractivity contribution in [2.24, 2.45) is 5.92 Å². The van der Waals surface area contributed by atoms with E-state index in [9.17, 15) is 9.59 Å². The van der Waals surface area contributed by atoms with Crippen LogP contribution in [0.1, 0.15) is 18.9 Å². The van der Waals surface area contributed by atoms with Crippen LogP contribution < -0.4 is 4.74 Å². The van der Waals surface area contributed by atoms with Crippen LogP contribution in [0.15, 0.2) is 24.3 Å². The van der Waals surface area contributed by atoms with Crippen LogP contribution in [0.4, 0.5) is 0 Å². The number of benzene rings is 1. The zero-order valence-corrected chi connectivity index (χ0v) is 9.64. The number of hydrogen-bond donors (Lipinski definition) is 0. The first-order valence-electron chi connectivity index (χ1n) is 5.66. The fourth-order valence-electron chi connectivity index (χ4n) is 1.90. The smallest absolute Gasteiger partial charge is 0.312 e. The molecule has 1 unspecified atom stereocenters. The highest BCUT2D eigenvalue weighted by Crippen LogP contribution is 2.27. The van der Waals surface area contributed by atoms with Crippen molar-refractivity contribution in [3.63, 3.8) is 0 Å². The Morgan fingerprint density at radius 2 is 2.18 bits per heavy atom. The molecule has 0 aromatic heterocycles. The summed E-state index contributed by atoms with van der Waals surface area (Å²) >= 11 is 0. The molecule has 0 bridgehead atoms. The van der Waals surface area contributed by atoms with E-state index in [4.69, 9.17) is 9.47 Å². The molecule has 2 rings (SSSR count). The third-order valence-electron chi connectivity index (χ3n) is 2.70. The highest BCUT2D eigenvalue weighted by Gasteiger charge is 2.29. The Morgan fingerprint density at radius 3 is 2.94 bits per heavy atom. The molecule has 1 aromatic rings. The van der Waals surface area contributed by atoms with Crippen LogP contribution in [0, 0.1) is 5.92 Å². The van der Waals surface area contributed by atoms with E-state index in [2.05, 4.69) is 0 Å². The maximum Gasteiger partial charge on any atom is 0.312 e. The predicted molar refractivity (Wildman–Crippen MR) is 60.5 cm³/mol. The van der Waals surface area contributed by atoms with Gasteiger partial charge in [0, 0.05) is 0 Å². The number of esters is 2. The molecule has 90 valence electrons. The standard InChI is InChI=1S/C13H14O4/c1-2-16-13(15)10-7-9-5-3-4-6-11(9)17-12(14)8-10/h3-6,10H,2,7-8H2,1H3. The normalized spacial score (nSPS) is 18.9. The van der Waals surface area contributed by atoms with Crippen molar-refractivity contribution < 1.29 is 19.1 Å². The average Bonchev–Trinajstić information content (AvgIpc) is 2.47. The molecule has 0 N–H and O–H groups in total. The van der Waals surface area contributed by atoms with Gasteiger partial charge in [-0.25, -0.2) is 0 Å². The quantitative estimate of drug-likeness (QED) is 0.577. The lowest BCUT2D eigenvalue weighted by Gasteiger charge is -2.10. The van der Waals surface area contributed by atoms with Gasteiger partial charge in [-0.15, -0.1) is 0 Å². The van der Waals surface area contributed by atoms with Crippen molar-refractivity contribution in [1.82, 2.24) is 0 Å². The van der Waals surface area contributed by atoms with E-state index in [-0.39, 0.29) is 18.4 Å². The molecule has 1 aliphatic heterocycles. The lowest BCUT2D eigenvalue weighted by atomic mass is 9.97. The highest BCUT2D eigenvalue weighted by molar-refractivity contribution is 5.82. The predicted octanol–water partition coefficient (Wildman–Crippen LogP) is 1.72. The van der Waals surface area contributed by atoms with Crippen LogP contribution in [-0.2, 0) is 20.7 Å². The highest BCUT2D eigenvalue weighted by atomic mass is 16.5. The lowest BCUT2D eigenvalue weighted by Crippen LogP contribution is -2.22. The number of rotatable bonds is 2. The molecule has 0 saturated heterocycles. The Kier molecular flexibility index (Phi) is 3.42. The molecule has 17 heavy (non-hydrogen) atoms. The Balaban J connectivity index is 2.23. The van der Waals surface area contributed by atoms with Gasteiger partial charge in [-0.2, -0.15) is 0 Å². The molecule has 1 aromatic carbocycles. The van der Waals surface area contributed by atoms with E-state index in [1.165, 1.54) is 0 Å². The van der Waals surface area contributed by atoms with Crippen LogP contribution in [0.5, 0.6) is 5.75 Å². The van der Waals surface area contributed by atoms with Gasteiger partial charge in [-0.05, 0) is 25.0 Å². The zero-order chi connectivity index (χ0) is 12.3. The third kappa shape index (κ3) is 2.64. The number of ether oxygens (including phenoxy) is 2. The van der Waals surface area contributed by atoms with E-state index >= 15 is 0 Å². The molecular weight excluding hydrogens is 220 g/mol. The second-order valence-electron chi connectivity index (χ2n) is 3.94. The molecule has 1 atom stereocenters. The van der Waals surface area contributed by atoms with Gasteiger partial charge in [0.15, 0.2) is 0 Å². The summed E-state index contributed by atoms with van der Waals surface area (Å²) in [5.74, 6) is -0.607. The van der Waals surface area contributed by atoms with Crippen LogP contribution in [0.3, 0.4) is 0 Å². The van der Waals surface area contributed by atoms with Crippen LogP contribution >= 0.6 is 0 Å². The molecule has 1 heterocycles. The summed E-state index contributed by atoms with van der Waals surface area (Å²) in [5.41, 5.74) is 0.872. The maximum absolute atomic E-state index is 11.7. The maximum atomic E-state index is 11.7. The summed E-state index contributed by atoms with van der Waals surface area (Å²) in [4.78, 5) is 23.2. The molecule has 0 radical (unpaired) electrons. The Labute approximate surface area is 99.5 Å². The molecule has 0 amide bonds. The minimum Gasteiger partial charge on any atom is -0.466 e. The first kappa shape index (κ1) is 11.6. The first-order chi connectivity index (χ1) is 8.20. The number of fused-ring (bicyclic) bond motifs is 1. The first-order valence-corrected chi connectivity index (χ1v) is 5.66. The van der Waals surface area contributed by atoms with E-state index in [0.29, 0.717) is 18.8 Å². The minimum atomic E-state index is -0.439. The third-order valence-corrected chi connectivity index (χ3v) is 2.70. The summed E-state index contributed by atoms with van der Waals surface area (Å²) in [6.07, 6.45) is 0.564. The molecule has 4 nitrogen and oxygen atoms in total. The van der Waals surface area contributed by atoms with Crippen molar-refractivity contribution in [3.8, 4) is 5.75 Å². The lowest BCUT2D eigenvalue weighted by molar-refractivity contribution is -0.151. The van der Waals surface area contributed by atoms with Gasteiger partial charge in [-0.3, -0.25) is 9.59 Å².